The molecule has 0 spiro atoms. The van der Waals surface area contributed by atoms with Crippen molar-refractivity contribution < 1.29 is 18.3 Å². The minimum absolute atomic E-state index is 0.0868. The van der Waals surface area contributed by atoms with Crippen molar-refractivity contribution in [1.29, 1.82) is 0 Å². The summed E-state index contributed by atoms with van der Waals surface area (Å²) in [5.41, 5.74) is 6.66. The zero-order valence-corrected chi connectivity index (χ0v) is 12.7. The second-order valence-electron chi connectivity index (χ2n) is 4.16. The Bertz CT molecular complexity index is 512. The van der Waals surface area contributed by atoms with Crippen molar-refractivity contribution >= 4 is 33.4 Å². The molecule has 8 heteroatoms. The maximum Gasteiger partial charge on any atom is 0.321 e. The molecule has 2 aliphatic rings. The SMILES string of the molecule is CCSCC(N)C(=O)O.O=S1(=O)Cc2ccc(cc2)N1. The minimum atomic E-state index is -3.10. The van der Waals surface area contributed by atoms with Crippen LogP contribution in [0.15, 0.2) is 24.3 Å². The smallest absolute Gasteiger partial charge is 0.321 e. The van der Waals surface area contributed by atoms with Gasteiger partial charge in [-0.15, -0.1) is 0 Å². The van der Waals surface area contributed by atoms with Gasteiger partial charge in [0, 0.05) is 11.4 Å². The van der Waals surface area contributed by atoms with Gasteiger partial charge >= 0.3 is 5.97 Å². The lowest BCUT2D eigenvalue weighted by molar-refractivity contribution is -0.137. The first kappa shape index (κ1) is 16.8. The maximum absolute atomic E-state index is 11.1. The molecule has 1 atom stereocenters. The largest absolute Gasteiger partial charge is 0.480 e. The summed E-state index contributed by atoms with van der Waals surface area (Å²) in [5, 5.41) is 8.27. The average molecular weight is 318 g/mol. The monoisotopic (exact) mass is 318 g/mol. The number of rotatable bonds is 4. The van der Waals surface area contributed by atoms with Crippen LogP contribution in [0.2, 0.25) is 0 Å². The number of carbonyl (C=O) groups is 1. The molecule has 0 aromatic heterocycles. The van der Waals surface area contributed by atoms with Crippen LogP contribution >= 0.6 is 11.8 Å². The predicted octanol–water partition coefficient (Wildman–Crippen LogP) is 1.09. The molecule has 0 saturated carbocycles. The van der Waals surface area contributed by atoms with E-state index in [-0.39, 0.29) is 5.75 Å². The second kappa shape index (κ2) is 7.51. The van der Waals surface area contributed by atoms with E-state index in [1.165, 1.54) is 11.8 Å². The number of thioether (sulfide) groups is 1. The number of aliphatic carboxylic acids is 1. The number of anilines is 1. The number of nitrogens with two attached hydrogens (primary N) is 1. The Morgan fingerprint density at radius 3 is 2.55 bits per heavy atom. The molecule has 3 rings (SSSR count). The van der Waals surface area contributed by atoms with Crippen LogP contribution in [0.3, 0.4) is 0 Å². The summed E-state index contributed by atoms with van der Waals surface area (Å²) >= 11 is 1.54. The zero-order valence-electron chi connectivity index (χ0n) is 11.1. The van der Waals surface area contributed by atoms with E-state index in [0.29, 0.717) is 11.4 Å². The highest BCUT2D eigenvalue weighted by atomic mass is 32.2. The molecule has 20 heavy (non-hydrogen) atoms. The van der Waals surface area contributed by atoms with Gasteiger partial charge in [-0.1, -0.05) is 19.1 Å². The van der Waals surface area contributed by atoms with Crippen LogP contribution in [0.5, 0.6) is 0 Å². The molecule has 2 bridgehead atoms. The molecule has 0 radical (unpaired) electrons. The summed E-state index contributed by atoms with van der Waals surface area (Å²) in [5.74, 6) is 0.590. The Kier molecular flexibility index (Phi) is 6.31. The first-order valence-corrected chi connectivity index (χ1v) is 8.80. The van der Waals surface area contributed by atoms with Crippen LogP contribution in [-0.4, -0.2) is 37.0 Å². The van der Waals surface area contributed by atoms with Crippen molar-refractivity contribution in [3.05, 3.63) is 29.8 Å². The lowest BCUT2D eigenvalue weighted by Gasteiger charge is -2.02. The Labute approximate surface area is 122 Å². The second-order valence-corrected chi connectivity index (χ2v) is 7.20. The number of hydrogen-bond acceptors (Lipinski definition) is 5. The number of nitrogens with one attached hydrogen (secondary N) is 1. The van der Waals surface area contributed by atoms with E-state index in [2.05, 4.69) is 4.72 Å². The molecule has 2 aliphatic heterocycles. The molecule has 6 nitrogen and oxygen atoms in total. The molecule has 0 fully saturated rings. The van der Waals surface area contributed by atoms with Crippen molar-refractivity contribution in [3.63, 3.8) is 0 Å². The Morgan fingerprint density at radius 1 is 1.45 bits per heavy atom. The van der Waals surface area contributed by atoms with E-state index < -0.39 is 22.0 Å². The van der Waals surface area contributed by atoms with Gasteiger partial charge in [-0.25, -0.2) is 8.42 Å². The van der Waals surface area contributed by atoms with Crippen molar-refractivity contribution in [3.8, 4) is 0 Å². The van der Waals surface area contributed by atoms with Gasteiger partial charge in [-0.05, 0) is 23.4 Å². The summed E-state index contributed by atoms with van der Waals surface area (Å²) in [6, 6.07) is 6.45. The van der Waals surface area contributed by atoms with Crippen LogP contribution in [0, 0.1) is 0 Å². The molecule has 112 valence electrons. The topological polar surface area (TPSA) is 109 Å². The van der Waals surface area contributed by atoms with Gasteiger partial charge in [0.15, 0.2) is 0 Å². The van der Waals surface area contributed by atoms with Crippen LogP contribution < -0.4 is 10.5 Å². The van der Waals surface area contributed by atoms with E-state index in [1.807, 2.05) is 19.1 Å². The highest BCUT2D eigenvalue weighted by Gasteiger charge is 2.15. The van der Waals surface area contributed by atoms with Gasteiger partial charge in [0.2, 0.25) is 10.0 Å². The zero-order chi connectivity index (χ0) is 15.2. The maximum atomic E-state index is 11.1. The number of hydrogen-bond donors (Lipinski definition) is 3. The average Bonchev–Trinajstić information content (AvgIpc) is 2.61. The lowest BCUT2D eigenvalue weighted by atomic mass is 10.2. The van der Waals surface area contributed by atoms with Crippen LogP contribution in [0.25, 0.3) is 0 Å². The lowest BCUT2D eigenvalue weighted by Crippen LogP contribution is -2.32. The standard InChI is InChI=1S/C7H7NO2S.C5H11NO2S/c9-11(10)5-6-1-3-7(8-11)4-2-6;1-2-9-3-4(6)5(7)8/h1-4,8H,5H2;4H,2-3,6H2,1H3,(H,7,8). The van der Waals surface area contributed by atoms with Crippen molar-refractivity contribution in [1.82, 2.24) is 0 Å². The first-order chi connectivity index (χ1) is 9.34. The quantitative estimate of drug-likeness (QED) is 0.767. The van der Waals surface area contributed by atoms with Gasteiger partial charge in [0.1, 0.15) is 6.04 Å². The molecule has 0 aliphatic carbocycles. The minimum Gasteiger partial charge on any atom is -0.480 e. The van der Waals surface area contributed by atoms with Crippen LogP contribution in [0.1, 0.15) is 12.5 Å². The summed E-state index contributed by atoms with van der Waals surface area (Å²) < 4.78 is 24.6. The van der Waals surface area contributed by atoms with Crippen molar-refractivity contribution in [2.75, 3.05) is 16.2 Å². The number of carboxylic acid groups (broad SMARTS) is 1. The highest BCUT2D eigenvalue weighted by molar-refractivity contribution is 7.99. The number of benzene rings is 1. The Morgan fingerprint density at radius 2 is 2.05 bits per heavy atom. The normalized spacial score (nSPS) is 16.3. The summed E-state index contributed by atoms with van der Waals surface area (Å²) in [4.78, 5) is 10.1. The fourth-order valence-corrected chi connectivity index (χ4v) is 3.25. The van der Waals surface area contributed by atoms with Crippen molar-refractivity contribution in [2.45, 2.75) is 18.7 Å². The van der Waals surface area contributed by atoms with E-state index in [0.717, 1.165) is 11.3 Å². The molecule has 0 saturated heterocycles. The third-order valence-corrected chi connectivity index (χ3v) is 4.67. The number of sulfonamides is 1. The van der Waals surface area contributed by atoms with Gasteiger partial charge in [-0.2, -0.15) is 11.8 Å². The Hall–Kier alpha value is -1.25. The van der Waals surface area contributed by atoms with Gasteiger partial charge in [-0.3, -0.25) is 9.52 Å². The fraction of sp³-hybridized carbons (Fsp3) is 0.417. The molecular weight excluding hydrogens is 300 g/mol. The molecule has 1 aromatic rings. The summed E-state index contributed by atoms with van der Waals surface area (Å²) in [7, 11) is -3.10. The summed E-state index contributed by atoms with van der Waals surface area (Å²) in [6.07, 6.45) is 0. The molecule has 0 amide bonds. The van der Waals surface area contributed by atoms with Gasteiger partial charge < -0.3 is 10.8 Å². The van der Waals surface area contributed by atoms with Gasteiger partial charge in [0.05, 0.1) is 5.75 Å². The van der Waals surface area contributed by atoms with E-state index in [1.54, 1.807) is 12.1 Å². The predicted molar refractivity (Wildman–Crippen MR) is 81.3 cm³/mol. The van der Waals surface area contributed by atoms with Crippen molar-refractivity contribution in [2.24, 2.45) is 5.73 Å². The summed E-state index contributed by atoms with van der Waals surface area (Å²) in [6.45, 7) is 1.97. The third kappa shape index (κ3) is 5.81. The number of fused-ring (bicyclic) bond motifs is 4. The highest BCUT2D eigenvalue weighted by Crippen LogP contribution is 2.18. The third-order valence-electron chi connectivity index (χ3n) is 2.40. The van der Waals surface area contributed by atoms with Crippen LogP contribution in [-0.2, 0) is 20.6 Å². The van der Waals surface area contributed by atoms with E-state index >= 15 is 0 Å². The van der Waals surface area contributed by atoms with Crippen LogP contribution in [0.4, 0.5) is 5.69 Å². The van der Waals surface area contributed by atoms with E-state index in [4.69, 9.17) is 10.8 Å². The molecule has 2 heterocycles. The van der Waals surface area contributed by atoms with E-state index in [9.17, 15) is 13.2 Å². The fourth-order valence-electron chi connectivity index (χ4n) is 1.42. The first-order valence-electron chi connectivity index (χ1n) is 5.99. The molecular formula is C12H18N2O4S2. The molecule has 1 aromatic carbocycles. The molecule has 4 N–H and O–H groups in total. The Balaban J connectivity index is 0.000000206. The van der Waals surface area contributed by atoms with Gasteiger partial charge in [0.25, 0.3) is 0 Å². The molecule has 1 unspecified atom stereocenters. The number of carboxylic acids is 1.